The zero-order valence-corrected chi connectivity index (χ0v) is 8.38. The van der Waals surface area contributed by atoms with Gasteiger partial charge in [-0.15, -0.1) is 0 Å². The number of hydrogen-bond donors (Lipinski definition) is 1. The summed E-state index contributed by atoms with van der Waals surface area (Å²) in [6.07, 6.45) is 1.26. The maximum absolute atomic E-state index is 8.97. The molecular weight excluding hydrogens is 164 g/mol. The molecule has 2 rings (SSSR count). The van der Waals surface area contributed by atoms with Crippen LogP contribution in [0.2, 0.25) is 0 Å². The van der Waals surface area contributed by atoms with Crippen LogP contribution in [0.3, 0.4) is 0 Å². The first kappa shape index (κ1) is 12.9. The van der Waals surface area contributed by atoms with E-state index in [-0.39, 0.29) is 7.43 Å². The molecule has 0 aromatic carbocycles. The van der Waals surface area contributed by atoms with Crippen molar-refractivity contribution in [2.24, 2.45) is 5.41 Å². The highest BCUT2D eigenvalue weighted by Gasteiger charge is 2.46. The molecule has 2 aliphatic rings. The van der Waals surface area contributed by atoms with E-state index in [0.717, 1.165) is 13.1 Å². The monoisotopic (exact) mass is 188 g/mol. The van der Waals surface area contributed by atoms with Gasteiger partial charge in [0.05, 0.1) is 0 Å². The van der Waals surface area contributed by atoms with Crippen molar-refractivity contribution in [3.8, 4) is 0 Å². The molecule has 0 aromatic rings. The summed E-state index contributed by atoms with van der Waals surface area (Å²) in [5, 5.41) is 10.4. The Labute approximate surface area is 82.3 Å². The number of likely N-dealkylation sites (tertiary alicyclic amines) is 1. The first-order valence-corrected chi connectivity index (χ1v) is 4.83. The summed E-state index contributed by atoms with van der Waals surface area (Å²) in [6.45, 7) is 8.15. The average Bonchev–Trinajstić information content (AvgIpc) is 2.36. The minimum absolute atomic E-state index is 0. The second-order valence-corrected chi connectivity index (χ2v) is 3.81. The third-order valence-electron chi connectivity index (χ3n) is 2.67. The molecule has 2 saturated heterocycles. The Balaban J connectivity index is 0.000000451. The molecule has 3 nitrogen and oxygen atoms in total. The van der Waals surface area contributed by atoms with Gasteiger partial charge >= 0.3 is 0 Å². The van der Waals surface area contributed by atoms with Gasteiger partial charge in [0.15, 0.2) is 0 Å². The molecule has 0 amide bonds. The molecule has 1 spiro atoms. The van der Waals surface area contributed by atoms with Crippen LogP contribution >= 0.6 is 0 Å². The van der Waals surface area contributed by atoms with Gasteiger partial charge in [-0.1, -0.05) is 21.3 Å². The van der Waals surface area contributed by atoms with E-state index in [9.17, 15) is 0 Å². The Hall–Kier alpha value is -0.120. The Morgan fingerprint density at radius 2 is 1.69 bits per heavy atom. The highest BCUT2D eigenvalue weighted by atomic mass is 16.5. The van der Waals surface area contributed by atoms with Crippen LogP contribution < -0.4 is 0 Å². The van der Waals surface area contributed by atoms with Crippen LogP contribution in [0.5, 0.6) is 0 Å². The minimum Gasteiger partial charge on any atom is -0.314 e. The van der Waals surface area contributed by atoms with Crippen molar-refractivity contribution in [3.63, 3.8) is 0 Å². The largest absolute Gasteiger partial charge is 0.314 e. The van der Waals surface area contributed by atoms with Crippen LogP contribution in [-0.4, -0.2) is 48.4 Å². The van der Waals surface area contributed by atoms with Crippen LogP contribution in [0.1, 0.15) is 27.7 Å². The van der Waals surface area contributed by atoms with E-state index in [0.29, 0.717) is 5.41 Å². The summed E-state index contributed by atoms with van der Waals surface area (Å²) in [4.78, 5) is 2.34. The number of rotatable bonds is 0. The third-order valence-corrected chi connectivity index (χ3v) is 2.67. The van der Waals surface area contributed by atoms with Gasteiger partial charge in [0.25, 0.3) is 0 Å². The van der Waals surface area contributed by atoms with Crippen molar-refractivity contribution in [2.75, 3.05) is 33.2 Å². The SMILES string of the molecule is C.CC.CN1CCC2(C1)CN(O)C2. The Kier molecular flexibility index (Phi) is 4.89. The van der Waals surface area contributed by atoms with E-state index < -0.39 is 0 Å². The van der Waals surface area contributed by atoms with Crippen molar-refractivity contribution in [1.82, 2.24) is 9.96 Å². The first-order valence-electron chi connectivity index (χ1n) is 4.83. The quantitative estimate of drug-likeness (QED) is 0.626. The molecule has 13 heavy (non-hydrogen) atoms. The van der Waals surface area contributed by atoms with Gasteiger partial charge in [0.1, 0.15) is 0 Å². The molecule has 2 heterocycles. The zero-order chi connectivity index (χ0) is 9.19. The molecule has 0 unspecified atom stereocenters. The lowest BCUT2D eigenvalue weighted by Crippen LogP contribution is -2.55. The second kappa shape index (κ2) is 4.94. The van der Waals surface area contributed by atoms with Gasteiger partial charge in [-0.05, 0) is 20.0 Å². The molecule has 0 bridgehead atoms. The fourth-order valence-corrected chi connectivity index (χ4v) is 2.14. The number of hydrogen-bond acceptors (Lipinski definition) is 3. The molecule has 0 radical (unpaired) electrons. The van der Waals surface area contributed by atoms with Crippen molar-refractivity contribution in [2.45, 2.75) is 27.7 Å². The van der Waals surface area contributed by atoms with Crippen LogP contribution in [-0.2, 0) is 0 Å². The number of hydroxylamine groups is 2. The normalized spacial score (nSPS) is 25.8. The van der Waals surface area contributed by atoms with Gasteiger partial charge in [-0.25, -0.2) is 0 Å². The van der Waals surface area contributed by atoms with E-state index in [1.54, 1.807) is 0 Å². The maximum Gasteiger partial charge on any atom is 0.0320 e. The molecule has 80 valence electrons. The molecule has 0 aromatic heterocycles. The van der Waals surface area contributed by atoms with Crippen molar-refractivity contribution >= 4 is 0 Å². The molecule has 3 heteroatoms. The predicted molar refractivity (Wildman–Crippen MR) is 56.0 cm³/mol. The lowest BCUT2D eigenvalue weighted by Gasteiger charge is -2.44. The number of nitrogens with zero attached hydrogens (tertiary/aromatic N) is 2. The maximum atomic E-state index is 8.97. The van der Waals surface area contributed by atoms with E-state index in [1.165, 1.54) is 24.6 Å². The van der Waals surface area contributed by atoms with E-state index in [1.807, 2.05) is 13.8 Å². The average molecular weight is 188 g/mol. The molecule has 0 saturated carbocycles. The topological polar surface area (TPSA) is 26.7 Å². The molecule has 1 N–H and O–H groups in total. The van der Waals surface area contributed by atoms with E-state index >= 15 is 0 Å². The highest BCUT2D eigenvalue weighted by Crippen LogP contribution is 2.37. The van der Waals surface area contributed by atoms with Gasteiger partial charge < -0.3 is 10.1 Å². The van der Waals surface area contributed by atoms with Gasteiger partial charge in [0.2, 0.25) is 0 Å². The van der Waals surface area contributed by atoms with Crippen molar-refractivity contribution in [3.05, 3.63) is 0 Å². The minimum atomic E-state index is 0. The van der Waals surface area contributed by atoms with Crippen molar-refractivity contribution < 1.29 is 5.21 Å². The van der Waals surface area contributed by atoms with Crippen LogP contribution in [0.4, 0.5) is 0 Å². The first-order chi connectivity index (χ1) is 5.70. The van der Waals surface area contributed by atoms with Gasteiger partial charge in [-0.3, -0.25) is 0 Å². The second-order valence-electron chi connectivity index (χ2n) is 3.81. The fraction of sp³-hybridized carbons (Fsp3) is 1.00. The predicted octanol–water partition coefficient (Wildman–Crippen LogP) is 1.68. The molecule has 2 fully saturated rings. The van der Waals surface area contributed by atoms with Crippen molar-refractivity contribution in [1.29, 1.82) is 0 Å². The summed E-state index contributed by atoms with van der Waals surface area (Å²) in [5.41, 5.74) is 0.462. The zero-order valence-electron chi connectivity index (χ0n) is 8.38. The Morgan fingerprint density at radius 1 is 1.15 bits per heavy atom. The van der Waals surface area contributed by atoms with Gasteiger partial charge in [0, 0.05) is 25.0 Å². The molecule has 0 aliphatic carbocycles. The van der Waals surface area contributed by atoms with E-state index in [4.69, 9.17) is 5.21 Å². The van der Waals surface area contributed by atoms with Crippen LogP contribution in [0.15, 0.2) is 0 Å². The lowest BCUT2D eigenvalue weighted by molar-refractivity contribution is -0.203. The standard InChI is InChI=1S/C7H14N2O.C2H6.CH4/c1-8-3-2-7(4-8)5-9(10)6-7;1-2;/h10H,2-6H2,1H3;1-2H3;1H4. The summed E-state index contributed by atoms with van der Waals surface area (Å²) in [7, 11) is 2.15. The molecular formula is C10H24N2O. The Morgan fingerprint density at radius 3 is 2.00 bits per heavy atom. The molecule has 2 aliphatic heterocycles. The third kappa shape index (κ3) is 2.66. The van der Waals surface area contributed by atoms with Crippen LogP contribution in [0.25, 0.3) is 0 Å². The van der Waals surface area contributed by atoms with Crippen LogP contribution in [0, 0.1) is 5.41 Å². The molecule has 0 atom stereocenters. The summed E-state index contributed by atoms with van der Waals surface area (Å²) < 4.78 is 0. The Bertz CT molecular complexity index is 138. The fourth-order valence-electron chi connectivity index (χ4n) is 2.14. The highest BCUT2D eigenvalue weighted by molar-refractivity contribution is 4.97. The summed E-state index contributed by atoms with van der Waals surface area (Å²) in [5.74, 6) is 0. The summed E-state index contributed by atoms with van der Waals surface area (Å²) in [6, 6.07) is 0. The van der Waals surface area contributed by atoms with E-state index in [2.05, 4.69) is 11.9 Å². The smallest absolute Gasteiger partial charge is 0.0320 e. The summed E-state index contributed by atoms with van der Waals surface area (Å²) >= 11 is 0. The van der Waals surface area contributed by atoms with Gasteiger partial charge in [-0.2, -0.15) is 5.06 Å². The lowest BCUT2D eigenvalue weighted by atomic mass is 9.81.